The molecule has 10 heteroatoms. The van der Waals surface area contributed by atoms with Crippen molar-refractivity contribution in [1.82, 2.24) is 24.8 Å². The number of nitrogen functional groups attached to an aromatic ring is 1. The fourth-order valence-electron chi connectivity index (χ4n) is 5.07. The zero-order valence-electron chi connectivity index (χ0n) is 20.2. The first kappa shape index (κ1) is 23.7. The van der Waals surface area contributed by atoms with E-state index in [4.69, 9.17) is 10.5 Å². The molecule has 2 aromatic heterocycles. The first-order valence-corrected chi connectivity index (χ1v) is 11.9. The van der Waals surface area contributed by atoms with Gasteiger partial charge in [-0.25, -0.2) is 24.3 Å². The summed E-state index contributed by atoms with van der Waals surface area (Å²) in [5.41, 5.74) is 8.25. The fourth-order valence-corrected chi connectivity index (χ4v) is 5.07. The molecule has 0 aliphatic carbocycles. The lowest BCUT2D eigenvalue weighted by Gasteiger charge is -2.39. The van der Waals surface area contributed by atoms with Crippen LogP contribution in [0.1, 0.15) is 25.0 Å². The minimum Gasteiger partial charge on any atom is -0.421 e. The molecule has 36 heavy (non-hydrogen) atoms. The van der Waals surface area contributed by atoms with Crippen LogP contribution in [0.25, 0.3) is 11.1 Å². The van der Waals surface area contributed by atoms with Gasteiger partial charge in [0.15, 0.2) is 11.6 Å². The van der Waals surface area contributed by atoms with Gasteiger partial charge in [-0.2, -0.15) is 0 Å². The molecule has 1 spiro atoms. The van der Waals surface area contributed by atoms with Gasteiger partial charge in [0.1, 0.15) is 18.0 Å². The van der Waals surface area contributed by atoms with Gasteiger partial charge in [0.25, 0.3) is 0 Å². The van der Waals surface area contributed by atoms with Crippen LogP contribution in [0.3, 0.4) is 0 Å². The Morgan fingerprint density at radius 3 is 2.67 bits per heavy atom. The molecule has 2 N–H and O–H groups in total. The number of ether oxygens (including phenoxy) is 1. The molecule has 3 aromatic rings. The molecule has 0 radical (unpaired) electrons. The number of rotatable bonds is 5. The number of aromatic nitrogens is 4. The Hall–Kier alpha value is -4.08. The summed E-state index contributed by atoms with van der Waals surface area (Å²) in [5, 5.41) is 0. The lowest BCUT2D eigenvalue weighted by Crippen LogP contribution is -2.43. The summed E-state index contributed by atoms with van der Waals surface area (Å²) in [5.74, 6) is 0.390. The lowest BCUT2D eigenvalue weighted by molar-refractivity contribution is -0.128. The number of nitrogens with two attached hydrogens (primary N) is 1. The smallest absolute Gasteiger partial charge is 0.322 e. The number of aryl methyl sites for hydroxylation is 1. The van der Waals surface area contributed by atoms with Crippen LogP contribution in [0.5, 0.6) is 11.8 Å². The van der Waals surface area contributed by atoms with Crippen LogP contribution < -0.4 is 15.4 Å². The number of benzene rings is 1. The van der Waals surface area contributed by atoms with Gasteiger partial charge in [-0.15, -0.1) is 0 Å². The predicted octanol–water partition coefficient (Wildman–Crippen LogP) is 3.76. The second-order valence-electron chi connectivity index (χ2n) is 9.39. The van der Waals surface area contributed by atoms with Crippen LogP contribution in [0, 0.1) is 18.2 Å². The highest BCUT2D eigenvalue weighted by Crippen LogP contribution is 2.44. The Morgan fingerprint density at radius 2 is 1.94 bits per heavy atom. The molecule has 186 valence electrons. The van der Waals surface area contributed by atoms with Crippen LogP contribution >= 0.6 is 0 Å². The summed E-state index contributed by atoms with van der Waals surface area (Å²) < 4.78 is 20.6. The molecule has 2 fully saturated rings. The van der Waals surface area contributed by atoms with Crippen molar-refractivity contribution >= 4 is 17.5 Å². The highest BCUT2D eigenvalue weighted by atomic mass is 19.1. The molecule has 9 nitrogen and oxygen atoms in total. The number of halogens is 1. The van der Waals surface area contributed by atoms with Crippen LogP contribution in [0.15, 0.2) is 49.4 Å². The Morgan fingerprint density at radius 1 is 1.17 bits per heavy atom. The SMILES string of the molecule is C=CC(=O)N1CCC2(CC1)CCN(c1ncnc(N)c1-c1ccc(Oc3nccc(C)n3)c(F)c1)C2. The van der Waals surface area contributed by atoms with E-state index in [9.17, 15) is 4.79 Å². The molecule has 0 atom stereocenters. The molecule has 2 aliphatic rings. The van der Waals surface area contributed by atoms with Crippen LogP contribution in [-0.4, -0.2) is 56.9 Å². The summed E-state index contributed by atoms with van der Waals surface area (Å²) >= 11 is 0. The topological polar surface area (TPSA) is 110 Å². The summed E-state index contributed by atoms with van der Waals surface area (Å²) in [7, 11) is 0. The van der Waals surface area contributed by atoms with Gasteiger partial charge in [-0.3, -0.25) is 4.79 Å². The summed E-state index contributed by atoms with van der Waals surface area (Å²) in [6.07, 6.45) is 7.19. The number of carbonyl (C=O) groups is 1. The van der Waals surface area contributed by atoms with E-state index in [1.807, 2.05) is 4.90 Å². The number of anilines is 2. The zero-order valence-corrected chi connectivity index (χ0v) is 20.2. The second kappa shape index (κ2) is 9.52. The highest BCUT2D eigenvalue weighted by Gasteiger charge is 2.42. The number of hydrogen-bond donors (Lipinski definition) is 1. The lowest BCUT2D eigenvalue weighted by atomic mass is 9.78. The van der Waals surface area contributed by atoms with Crippen LogP contribution in [0.2, 0.25) is 0 Å². The average molecular weight is 490 g/mol. The Kier molecular flexibility index (Phi) is 6.26. The van der Waals surface area contributed by atoms with Gasteiger partial charge in [-0.05, 0) is 61.4 Å². The summed E-state index contributed by atoms with van der Waals surface area (Å²) in [6.45, 7) is 8.42. The van der Waals surface area contributed by atoms with Crippen molar-refractivity contribution in [2.75, 3.05) is 36.8 Å². The highest BCUT2D eigenvalue weighted by molar-refractivity contribution is 5.87. The fraction of sp³-hybridized carbons (Fsp3) is 0.346. The average Bonchev–Trinajstić information content (AvgIpc) is 3.28. The molecule has 2 aliphatic heterocycles. The van der Waals surface area contributed by atoms with Crippen molar-refractivity contribution in [1.29, 1.82) is 0 Å². The Bertz CT molecular complexity index is 1310. The third kappa shape index (κ3) is 4.58. The molecule has 0 unspecified atom stereocenters. The van der Waals surface area contributed by atoms with Gasteiger partial charge in [0.2, 0.25) is 5.91 Å². The third-order valence-electron chi connectivity index (χ3n) is 7.10. The minimum atomic E-state index is -0.566. The van der Waals surface area contributed by atoms with E-state index < -0.39 is 5.82 Å². The van der Waals surface area contributed by atoms with Gasteiger partial charge < -0.3 is 20.3 Å². The van der Waals surface area contributed by atoms with Crippen molar-refractivity contribution in [3.8, 4) is 22.9 Å². The summed E-state index contributed by atoms with van der Waals surface area (Å²) in [4.78, 5) is 32.9. The molecule has 2 saturated heterocycles. The molecular weight excluding hydrogens is 461 g/mol. The molecule has 1 amide bonds. The van der Waals surface area contributed by atoms with E-state index >= 15 is 4.39 Å². The first-order valence-electron chi connectivity index (χ1n) is 11.9. The number of carbonyl (C=O) groups excluding carboxylic acids is 1. The van der Waals surface area contributed by atoms with Crippen molar-refractivity contribution in [2.45, 2.75) is 26.2 Å². The first-order chi connectivity index (χ1) is 17.4. The molecule has 1 aromatic carbocycles. The monoisotopic (exact) mass is 489 g/mol. The standard InChI is InChI=1S/C26H28FN7O2/c1-3-21(35)33-11-7-26(8-12-33)9-13-34(15-26)24-22(23(28)30-16-31-24)18-4-5-20(19(27)14-18)36-25-29-10-6-17(2)32-25/h3-6,10,14,16H,1,7-9,11-13,15H2,2H3,(H2,28,30,31). The third-order valence-corrected chi connectivity index (χ3v) is 7.10. The van der Waals surface area contributed by atoms with E-state index in [-0.39, 0.29) is 28.9 Å². The number of likely N-dealkylation sites (tertiary alicyclic amines) is 1. The molecule has 4 heterocycles. The van der Waals surface area contributed by atoms with E-state index in [0.29, 0.717) is 16.9 Å². The van der Waals surface area contributed by atoms with Gasteiger partial charge >= 0.3 is 6.01 Å². The minimum absolute atomic E-state index is 0.0160. The summed E-state index contributed by atoms with van der Waals surface area (Å²) in [6, 6.07) is 6.45. The normalized spacial score (nSPS) is 16.8. The van der Waals surface area contributed by atoms with Gasteiger partial charge in [-0.1, -0.05) is 12.6 Å². The van der Waals surface area contributed by atoms with E-state index in [0.717, 1.165) is 51.1 Å². The molecule has 5 rings (SSSR count). The molecular formula is C26H28FN7O2. The number of nitrogens with zero attached hydrogens (tertiary/aromatic N) is 6. The number of piperidine rings is 1. The quantitative estimate of drug-likeness (QED) is 0.540. The van der Waals surface area contributed by atoms with Crippen molar-refractivity contribution < 1.29 is 13.9 Å². The second-order valence-corrected chi connectivity index (χ2v) is 9.39. The maximum Gasteiger partial charge on any atom is 0.322 e. The van der Waals surface area contributed by atoms with Gasteiger partial charge in [0.05, 0.1) is 5.56 Å². The zero-order chi connectivity index (χ0) is 25.3. The van der Waals surface area contributed by atoms with E-state index in [1.54, 1.807) is 25.3 Å². The maximum atomic E-state index is 15.1. The van der Waals surface area contributed by atoms with Crippen molar-refractivity contribution in [3.05, 3.63) is 61.0 Å². The van der Waals surface area contributed by atoms with E-state index in [2.05, 4.69) is 31.4 Å². The maximum absolute atomic E-state index is 15.1. The number of amides is 1. The van der Waals surface area contributed by atoms with Gasteiger partial charge in [0, 0.05) is 38.1 Å². The number of hydrogen-bond acceptors (Lipinski definition) is 8. The Labute approximate surface area is 208 Å². The predicted molar refractivity (Wildman–Crippen MR) is 134 cm³/mol. The largest absolute Gasteiger partial charge is 0.421 e. The van der Waals surface area contributed by atoms with Crippen molar-refractivity contribution in [3.63, 3.8) is 0 Å². The molecule has 0 saturated carbocycles. The molecule has 0 bridgehead atoms. The van der Waals surface area contributed by atoms with Crippen LogP contribution in [0.4, 0.5) is 16.0 Å². The van der Waals surface area contributed by atoms with Crippen molar-refractivity contribution in [2.24, 2.45) is 5.41 Å². The van der Waals surface area contributed by atoms with Crippen LogP contribution in [-0.2, 0) is 4.79 Å². The van der Waals surface area contributed by atoms with E-state index in [1.165, 1.54) is 24.5 Å². The Balaban J connectivity index is 1.38.